The van der Waals surface area contributed by atoms with Gasteiger partial charge in [-0.2, -0.15) is 22.8 Å². The summed E-state index contributed by atoms with van der Waals surface area (Å²) in [6.07, 6.45) is -4.55. The third-order valence-electron chi connectivity index (χ3n) is 3.28. The van der Waals surface area contributed by atoms with Crippen LogP contribution in [0, 0.1) is 6.92 Å². The number of nitrogens with one attached hydrogen (secondary N) is 1. The van der Waals surface area contributed by atoms with Gasteiger partial charge in [0.25, 0.3) is 0 Å². The Morgan fingerprint density at radius 1 is 1.11 bits per heavy atom. The van der Waals surface area contributed by atoms with E-state index in [1.54, 1.807) is 6.92 Å². The molecule has 12 heteroatoms. The second-order valence-electron chi connectivity index (χ2n) is 5.25. The summed E-state index contributed by atoms with van der Waals surface area (Å²) in [6.45, 7) is 1.56. The van der Waals surface area contributed by atoms with Crippen LogP contribution in [0.1, 0.15) is 11.4 Å². The molecule has 0 spiro atoms. The van der Waals surface area contributed by atoms with E-state index in [9.17, 15) is 18.0 Å². The Hall–Kier alpha value is -2.23. The predicted octanol–water partition coefficient (Wildman–Crippen LogP) is 5.04. The highest BCUT2D eigenvalue weighted by Gasteiger charge is 2.31. The lowest BCUT2D eigenvalue weighted by atomic mass is 10.2. The van der Waals surface area contributed by atoms with E-state index in [1.165, 1.54) is 6.07 Å². The number of hydrogen-bond donors (Lipinski definition) is 1. The number of ether oxygens (including phenoxy) is 1. The van der Waals surface area contributed by atoms with Crippen molar-refractivity contribution in [3.63, 3.8) is 0 Å². The first kappa shape index (κ1) is 19.5. The van der Waals surface area contributed by atoms with Crippen molar-refractivity contribution in [3.05, 3.63) is 61.2 Å². The molecule has 0 aliphatic rings. The van der Waals surface area contributed by atoms with Crippen LogP contribution < -0.4 is 10.4 Å². The van der Waals surface area contributed by atoms with Crippen molar-refractivity contribution < 1.29 is 17.9 Å². The van der Waals surface area contributed by atoms with Crippen molar-refractivity contribution in [3.8, 4) is 17.4 Å². The van der Waals surface area contributed by atoms with E-state index >= 15 is 0 Å². The van der Waals surface area contributed by atoms with Crippen molar-refractivity contribution in [1.29, 1.82) is 0 Å². The van der Waals surface area contributed by atoms with Gasteiger partial charge < -0.3 is 4.74 Å². The summed E-state index contributed by atoms with van der Waals surface area (Å²) < 4.78 is 44.5. The van der Waals surface area contributed by atoms with Gasteiger partial charge >= 0.3 is 11.9 Å². The fourth-order valence-corrected chi connectivity index (χ4v) is 2.79. The van der Waals surface area contributed by atoms with E-state index in [4.69, 9.17) is 39.5 Å². The highest BCUT2D eigenvalue weighted by Crippen LogP contribution is 2.38. The highest BCUT2D eigenvalue weighted by molar-refractivity contribution is 6.36. The number of rotatable bonds is 3. The lowest BCUT2D eigenvalue weighted by molar-refractivity contribution is -0.137. The molecule has 1 aromatic carbocycles. The normalized spacial score (nSPS) is 11.7. The zero-order valence-electron chi connectivity index (χ0n) is 13.2. The molecule has 0 fully saturated rings. The molecule has 0 amide bonds. The molecule has 0 aliphatic carbocycles. The molecule has 3 aromatic rings. The Morgan fingerprint density at radius 2 is 1.81 bits per heavy atom. The minimum Gasteiger partial charge on any atom is -0.436 e. The predicted molar refractivity (Wildman–Crippen MR) is 93.3 cm³/mol. The largest absolute Gasteiger partial charge is 0.436 e. The summed E-state index contributed by atoms with van der Waals surface area (Å²) in [5, 5.41) is 3.60. The van der Waals surface area contributed by atoms with Gasteiger partial charge in [-0.15, -0.1) is 5.10 Å². The fourth-order valence-electron chi connectivity index (χ4n) is 2.10. The molecule has 2 aromatic heterocycles. The van der Waals surface area contributed by atoms with Gasteiger partial charge in [0.15, 0.2) is 5.82 Å². The summed E-state index contributed by atoms with van der Waals surface area (Å²) in [6, 6.07) is 3.80. The maximum Gasteiger partial charge on any atom is 0.416 e. The maximum absolute atomic E-state index is 12.7. The van der Waals surface area contributed by atoms with Gasteiger partial charge in [-0.25, -0.2) is 4.79 Å². The van der Waals surface area contributed by atoms with E-state index in [0.29, 0.717) is 11.9 Å². The fraction of sp³-hybridized carbons (Fsp3) is 0.133. The molecule has 27 heavy (non-hydrogen) atoms. The first-order valence-electron chi connectivity index (χ1n) is 7.13. The van der Waals surface area contributed by atoms with Crippen LogP contribution in [0.25, 0.3) is 5.82 Å². The Balaban J connectivity index is 2.02. The van der Waals surface area contributed by atoms with Crippen molar-refractivity contribution in [2.45, 2.75) is 13.1 Å². The van der Waals surface area contributed by atoms with Gasteiger partial charge in [0.2, 0.25) is 5.88 Å². The van der Waals surface area contributed by atoms with Gasteiger partial charge in [0.05, 0.1) is 15.6 Å². The summed E-state index contributed by atoms with van der Waals surface area (Å²) in [5.41, 5.74) is -1.53. The van der Waals surface area contributed by atoms with Gasteiger partial charge in [-0.05, 0) is 31.2 Å². The second kappa shape index (κ2) is 7.06. The molecule has 3 rings (SSSR count). The molecule has 0 saturated carbocycles. The van der Waals surface area contributed by atoms with Crippen LogP contribution in [0.5, 0.6) is 11.6 Å². The molecular weight excluding hydrogens is 432 g/mol. The Labute approximate surface area is 164 Å². The number of alkyl halides is 3. The van der Waals surface area contributed by atoms with Gasteiger partial charge in [-0.1, -0.05) is 34.8 Å². The Bertz CT molecular complexity index is 1080. The number of aromatic amines is 1. The van der Waals surface area contributed by atoms with Crippen LogP contribution in [0.3, 0.4) is 0 Å². The van der Waals surface area contributed by atoms with E-state index in [0.717, 1.165) is 16.8 Å². The van der Waals surface area contributed by atoms with Gasteiger partial charge in [-0.3, -0.25) is 4.98 Å². The number of hydrogen-bond acceptors (Lipinski definition) is 4. The summed E-state index contributed by atoms with van der Waals surface area (Å²) in [5.74, 6) is -0.0855. The van der Waals surface area contributed by atoms with E-state index in [-0.39, 0.29) is 32.5 Å². The minimum atomic E-state index is -4.55. The average molecular weight is 440 g/mol. The van der Waals surface area contributed by atoms with Gasteiger partial charge in [0, 0.05) is 0 Å². The molecule has 0 saturated heterocycles. The molecule has 0 aliphatic heterocycles. The Morgan fingerprint density at radius 3 is 2.37 bits per heavy atom. The monoisotopic (exact) mass is 438 g/mol. The first-order chi connectivity index (χ1) is 12.6. The second-order valence-corrected chi connectivity index (χ2v) is 6.47. The molecule has 6 nitrogen and oxygen atoms in total. The number of H-pyrrole nitrogens is 1. The Kier molecular flexibility index (Phi) is 5.11. The summed E-state index contributed by atoms with van der Waals surface area (Å²) in [4.78, 5) is 18.4. The number of aromatic nitrogens is 4. The zero-order valence-corrected chi connectivity index (χ0v) is 15.5. The minimum absolute atomic E-state index is 0.0134. The standard InChI is InChI=1S/C15H8Cl3F3N4O2/c1-6-22-14(26)25(24-6)12-9(17)5-10(18)13(23-12)27-11-3-2-7(4-8(11)16)15(19,20)21/h2-5H,1H3,(H,22,24,26). The number of benzene rings is 1. The quantitative estimate of drug-likeness (QED) is 0.621. The summed E-state index contributed by atoms with van der Waals surface area (Å²) >= 11 is 17.9. The molecule has 0 bridgehead atoms. The highest BCUT2D eigenvalue weighted by atomic mass is 35.5. The van der Waals surface area contributed by atoms with Crippen LogP contribution in [0.15, 0.2) is 29.1 Å². The van der Waals surface area contributed by atoms with E-state index in [1.807, 2.05) is 0 Å². The van der Waals surface area contributed by atoms with Crippen LogP contribution in [-0.2, 0) is 6.18 Å². The van der Waals surface area contributed by atoms with Crippen molar-refractivity contribution >= 4 is 34.8 Å². The zero-order chi connectivity index (χ0) is 19.9. The van der Waals surface area contributed by atoms with E-state index < -0.39 is 17.4 Å². The third-order valence-corrected chi connectivity index (χ3v) is 4.12. The smallest absolute Gasteiger partial charge is 0.416 e. The van der Waals surface area contributed by atoms with Crippen molar-refractivity contribution in [1.82, 2.24) is 19.7 Å². The topological polar surface area (TPSA) is 72.8 Å². The van der Waals surface area contributed by atoms with Crippen molar-refractivity contribution in [2.75, 3.05) is 0 Å². The van der Waals surface area contributed by atoms with Crippen LogP contribution in [-0.4, -0.2) is 19.7 Å². The van der Waals surface area contributed by atoms with Crippen LogP contribution in [0.4, 0.5) is 13.2 Å². The molecular formula is C15H8Cl3F3N4O2. The number of nitrogens with zero attached hydrogens (tertiary/aromatic N) is 3. The summed E-state index contributed by atoms with van der Waals surface area (Å²) in [7, 11) is 0. The maximum atomic E-state index is 12.7. The first-order valence-corrected chi connectivity index (χ1v) is 8.26. The lowest BCUT2D eigenvalue weighted by Crippen LogP contribution is -2.18. The molecule has 0 atom stereocenters. The van der Waals surface area contributed by atoms with Gasteiger partial charge in [0.1, 0.15) is 16.6 Å². The number of pyridine rings is 1. The molecule has 2 heterocycles. The lowest BCUT2D eigenvalue weighted by Gasteiger charge is -2.12. The molecule has 0 radical (unpaired) electrons. The number of aryl methyl sites for hydroxylation is 1. The molecule has 0 unspecified atom stereocenters. The van der Waals surface area contributed by atoms with Crippen LogP contribution >= 0.6 is 34.8 Å². The number of halogens is 6. The van der Waals surface area contributed by atoms with Crippen molar-refractivity contribution in [2.24, 2.45) is 0 Å². The average Bonchev–Trinajstić information content (AvgIpc) is 2.89. The SMILES string of the molecule is Cc1nn(-c2nc(Oc3ccc(C(F)(F)F)cc3Cl)c(Cl)cc2Cl)c(=O)[nH]1. The van der Waals surface area contributed by atoms with Crippen LogP contribution in [0.2, 0.25) is 15.1 Å². The third kappa shape index (κ3) is 4.05. The van der Waals surface area contributed by atoms with E-state index in [2.05, 4.69) is 15.1 Å². The molecule has 1 N–H and O–H groups in total. The molecule has 142 valence electrons.